The van der Waals surface area contributed by atoms with Gasteiger partial charge in [0.15, 0.2) is 5.82 Å². The SMILES string of the molecule is CNCc1n[nH]c(=O)n1-c1ccc(Cl)c(Cl)c1. The maximum absolute atomic E-state index is 11.7. The van der Waals surface area contributed by atoms with Gasteiger partial charge in [0.25, 0.3) is 0 Å². The maximum Gasteiger partial charge on any atom is 0.347 e. The van der Waals surface area contributed by atoms with E-state index in [1.807, 2.05) is 0 Å². The average molecular weight is 273 g/mol. The Morgan fingerprint density at radius 3 is 2.82 bits per heavy atom. The molecule has 0 saturated heterocycles. The van der Waals surface area contributed by atoms with Gasteiger partial charge < -0.3 is 5.32 Å². The fraction of sp³-hybridized carbons (Fsp3) is 0.200. The number of nitrogens with one attached hydrogen (secondary N) is 2. The van der Waals surface area contributed by atoms with Gasteiger partial charge in [0.2, 0.25) is 0 Å². The molecule has 17 heavy (non-hydrogen) atoms. The fourth-order valence-electron chi connectivity index (χ4n) is 1.50. The highest BCUT2D eigenvalue weighted by molar-refractivity contribution is 6.42. The van der Waals surface area contributed by atoms with Crippen LogP contribution in [0.4, 0.5) is 0 Å². The van der Waals surface area contributed by atoms with Gasteiger partial charge in [-0.2, -0.15) is 5.10 Å². The second kappa shape index (κ2) is 4.91. The molecule has 0 saturated carbocycles. The number of hydrogen-bond acceptors (Lipinski definition) is 3. The van der Waals surface area contributed by atoms with Crippen LogP contribution in [0.1, 0.15) is 5.82 Å². The summed E-state index contributed by atoms with van der Waals surface area (Å²) in [5.41, 5.74) is 0.317. The lowest BCUT2D eigenvalue weighted by Crippen LogP contribution is -2.19. The zero-order valence-corrected chi connectivity index (χ0v) is 10.5. The summed E-state index contributed by atoms with van der Waals surface area (Å²) in [7, 11) is 1.78. The third-order valence-electron chi connectivity index (χ3n) is 2.24. The Morgan fingerprint density at radius 2 is 2.18 bits per heavy atom. The van der Waals surface area contributed by atoms with Gasteiger partial charge in [-0.15, -0.1) is 0 Å². The number of benzene rings is 1. The Hall–Kier alpha value is -1.30. The zero-order valence-electron chi connectivity index (χ0n) is 9.00. The Balaban J connectivity index is 2.55. The molecule has 2 N–H and O–H groups in total. The summed E-state index contributed by atoms with van der Waals surface area (Å²) < 4.78 is 1.44. The monoisotopic (exact) mass is 272 g/mol. The van der Waals surface area contributed by atoms with Gasteiger partial charge in [0.1, 0.15) is 0 Å². The normalized spacial score (nSPS) is 10.8. The summed E-state index contributed by atoms with van der Waals surface area (Å²) in [6, 6.07) is 4.98. The predicted molar refractivity (Wildman–Crippen MR) is 67.0 cm³/mol. The van der Waals surface area contributed by atoms with Crippen molar-refractivity contribution in [3.63, 3.8) is 0 Å². The van der Waals surface area contributed by atoms with Gasteiger partial charge in [-0.25, -0.2) is 14.5 Å². The molecule has 2 aromatic rings. The molecule has 1 heterocycles. The summed E-state index contributed by atoms with van der Waals surface area (Å²) in [6.45, 7) is 0.471. The number of hydrogen-bond donors (Lipinski definition) is 2. The van der Waals surface area contributed by atoms with E-state index in [0.717, 1.165) is 0 Å². The predicted octanol–water partition coefficient (Wildman–Crippen LogP) is 1.59. The molecule has 0 aliphatic carbocycles. The third kappa shape index (κ3) is 2.36. The molecule has 0 amide bonds. The first-order chi connectivity index (χ1) is 8.13. The largest absolute Gasteiger partial charge is 0.347 e. The molecule has 0 fully saturated rings. The van der Waals surface area contributed by atoms with Gasteiger partial charge in [-0.1, -0.05) is 23.2 Å². The highest BCUT2D eigenvalue weighted by Gasteiger charge is 2.10. The molecule has 1 aromatic heterocycles. The number of rotatable bonds is 3. The van der Waals surface area contributed by atoms with Crippen molar-refractivity contribution in [3.8, 4) is 5.69 Å². The highest BCUT2D eigenvalue weighted by Crippen LogP contribution is 2.24. The Kier molecular flexibility index (Phi) is 3.51. The van der Waals surface area contributed by atoms with Crippen molar-refractivity contribution < 1.29 is 0 Å². The van der Waals surface area contributed by atoms with Crippen molar-refractivity contribution in [2.75, 3.05) is 7.05 Å². The minimum Gasteiger partial charge on any atom is -0.313 e. The zero-order chi connectivity index (χ0) is 12.4. The van der Waals surface area contributed by atoms with E-state index in [1.54, 1.807) is 25.2 Å². The Bertz CT molecular complexity index is 590. The molecule has 90 valence electrons. The van der Waals surface area contributed by atoms with Crippen LogP contribution < -0.4 is 11.0 Å². The quantitative estimate of drug-likeness (QED) is 0.892. The molecule has 0 aliphatic rings. The van der Waals surface area contributed by atoms with Crippen LogP contribution in [-0.2, 0) is 6.54 Å². The molecule has 2 rings (SSSR count). The molecule has 0 aliphatic heterocycles. The van der Waals surface area contributed by atoms with Crippen LogP contribution in [0.25, 0.3) is 5.69 Å². The van der Waals surface area contributed by atoms with Crippen molar-refractivity contribution >= 4 is 23.2 Å². The number of H-pyrrole nitrogens is 1. The summed E-state index contributed by atoms with van der Waals surface area (Å²) in [5, 5.41) is 10.1. The topological polar surface area (TPSA) is 62.7 Å². The summed E-state index contributed by atoms with van der Waals surface area (Å²) >= 11 is 11.7. The molecule has 5 nitrogen and oxygen atoms in total. The Morgan fingerprint density at radius 1 is 1.41 bits per heavy atom. The second-order valence-corrected chi connectivity index (χ2v) is 4.22. The highest BCUT2D eigenvalue weighted by atomic mass is 35.5. The first kappa shape index (κ1) is 12.2. The van der Waals surface area contributed by atoms with Crippen LogP contribution in [0.2, 0.25) is 10.0 Å². The van der Waals surface area contributed by atoms with Crippen molar-refractivity contribution in [3.05, 3.63) is 44.6 Å². The van der Waals surface area contributed by atoms with Crippen molar-refractivity contribution in [1.29, 1.82) is 0 Å². The third-order valence-corrected chi connectivity index (χ3v) is 2.98. The van der Waals surface area contributed by atoms with E-state index in [4.69, 9.17) is 23.2 Å². The van der Waals surface area contributed by atoms with Crippen LogP contribution in [0.15, 0.2) is 23.0 Å². The molecule has 0 radical (unpaired) electrons. The van der Waals surface area contributed by atoms with Gasteiger partial charge in [0.05, 0.1) is 22.3 Å². The van der Waals surface area contributed by atoms with E-state index in [-0.39, 0.29) is 5.69 Å². The van der Waals surface area contributed by atoms with E-state index in [2.05, 4.69) is 15.5 Å². The van der Waals surface area contributed by atoms with E-state index < -0.39 is 0 Å². The smallest absolute Gasteiger partial charge is 0.313 e. The molecular weight excluding hydrogens is 263 g/mol. The molecule has 0 bridgehead atoms. The molecule has 0 unspecified atom stereocenters. The number of nitrogens with zero attached hydrogens (tertiary/aromatic N) is 2. The number of halogens is 2. The molecule has 0 spiro atoms. The lowest BCUT2D eigenvalue weighted by atomic mass is 10.3. The lowest BCUT2D eigenvalue weighted by Gasteiger charge is -2.06. The minimum absolute atomic E-state index is 0.311. The van der Waals surface area contributed by atoms with Gasteiger partial charge in [-0.05, 0) is 25.2 Å². The van der Waals surface area contributed by atoms with E-state index in [1.165, 1.54) is 4.57 Å². The number of aromatic amines is 1. The minimum atomic E-state index is -0.311. The summed E-state index contributed by atoms with van der Waals surface area (Å²) in [6.07, 6.45) is 0. The standard InChI is InChI=1S/C10H10Cl2N4O/c1-13-5-9-14-15-10(17)16(9)6-2-3-7(11)8(12)4-6/h2-4,13H,5H2,1H3,(H,15,17). The van der Waals surface area contributed by atoms with Crippen LogP contribution in [0, 0.1) is 0 Å². The van der Waals surface area contributed by atoms with Crippen LogP contribution in [0.3, 0.4) is 0 Å². The van der Waals surface area contributed by atoms with E-state index >= 15 is 0 Å². The maximum atomic E-state index is 11.7. The molecule has 0 atom stereocenters. The van der Waals surface area contributed by atoms with Crippen LogP contribution >= 0.6 is 23.2 Å². The molecular formula is C10H10Cl2N4O. The van der Waals surface area contributed by atoms with E-state index in [9.17, 15) is 4.79 Å². The summed E-state index contributed by atoms with van der Waals surface area (Å²) in [4.78, 5) is 11.7. The van der Waals surface area contributed by atoms with Gasteiger partial charge in [-0.3, -0.25) is 0 Å². The summed E-state index contributed by atoms with van der Waals surface area (Å²) in [5.74, 6) is 0.580. The average Bonchev–Trinajstić information content (AvgIpc) is 2.65. The van der Waals surface area contributed by atoms with Crippen LogP contribution in [0.5, 0.6) is 0 Å². The van der Waals surface area contributed by atoms with Gasteiger partial charge >= 0.3 is 5.69 Å². The first-order valence-electron chi connectivity index (χ1n) is 4.90. The fourth-order valence-corrected chi connectivity index (χ4v) is 1.79. The van der Waals surface area contributed by atoms with E-state index in [0.29, 0.717) is 28.1 Å². The molecule has 7 heteroatoms. The first-order valence-corrected chi connectivity index (χ1v) is 5.65. The Labute approximate surface area is 107 Å². The molecule has 1 aromatic carbocycles. The lowest BCUT2D eigenvalue weighted by molar-refractivity contribution is 0.734. The number of aromatic nitrogens is 3. The van der Waals surface area contributed by atoms with Crippen molar-refractivity contribution in [2.45, 2.75) is 6.54 Å². The van der Waals surface area contributed by atoms with Gasteiger partial charge in [0, 0.05) is 0 Å². The van der Waals surface area contributed by atoms with Crippen molar-refractivity contribution in [1.82, 2.24) is 20.1 Å². The van der Waals surface area contributed by atoms with Crippen LogP contribution in [-0.4, -0.2) is 21.8 Å². The second-order valence-electron chi connectivity index (χ2n) is 3.41. The van der Waals surface area contributed by atoms with Crippen molar-refractivity contribution in [2.24, 2.45) is 0 Å².